The van der Waals surface area contributed by atoms with Crippen molar-refractivity contribution in [1.29, 1.82) is 0 Å². The molecule has 162 valence electrons. The van der Waals surface area contributed by atoms with Crippen LogP contribution in [0, 0.1) is 5.41 Å². The molecule has 1 aliphatic heterocycles. The minimum atomic E-state index is -0.185. The summed E-state index contributed by atoms with van der Waals surface area (Å²) in [5.74, 6) is 1.00. The van der Waals surface area contributed by atoms with E-state index in [1.54, 1.807) is 25.6 Å². The van der Waals surface area contributed by atoms with E-state index in [4.69, 9.17) is 27.8 Å². The molecule has 4 rings (SSSR count). The van der Waals surface area contributed by atoms with Gasteiger partial charge in [0.2, 0.25) is 0 Å². The van der Waals surface area contributed by atoms with Gasteiger partial charge in [-0.2, -0.15) is 0 Å². The fourth-order valence-electron chi connectivity index (χ4n) is 4.59. The number of pyridine rings is 1. The predicted molar refractivity (Wildman–Crippen MR) is 118 cm³/mol. The maximum Gasteiger partial charge on any atom is 0.152 e. The first-order valence-corrected chi connectivity index (χ1v) is 11.2. The third-order valence-electron chi connectivity index (χ3n) is 6.38. The van der Waals surface area contributed by atoms with Crippen LogP contribution in [0.3, 0.4) is 0 Å². The van der Waals surface area contributed by atoms with Gasteiger partial charge in [-0.15, -0.1) is 0 Å². The first kappa shape index (κ1) is 21.6. The highest BCUT2D eigenvalue weighted by atomic mass is 35.5. The summed E-state index contributed by atoms with van der Waals surface area (Å²) in [6, 6.07) is 1.95. The number of nitrogen functional groups attached to an aromatic ring is 1. The molecule has 1 saturated heterocycles. The Morgan fingerprint density at radius 2 is 2.13 bits per heavy atom. The zero-order valence-corrected chi connectivity index (χ0v) is 18.5. The highest BCUT2D eigenvalue weighted by Crippen LogP contribution is 2.47. The lowest BCUT2D eigenvalue weighted by Crippen LogP contribution is -2.47. The monoisotopic (exact) mass is 450 g/mol. The fraction of sp³-hybridized carbons (Fsp3) is 0.550. The molecule has 1 saturated carbocycles. The molecule has 3 heterocycles. The van der Waals surface area contributed by atoms with Gasteiger partial charge in [-0.3, -0.25) is 0 Å². The Bertz CT molecular complexity index is 909. The number of nitrogens with two attached hydrogens (primary N) is 2. The lowest BCUT2D eigenvalue weighted by molar-refractivity contribution is 0.0890. The maximum atomic E-state index is 9.92. The van der Waals surface area contributed by atoms with Crippen LogP contribution in [0.2, 0.25) is 5.02 Å². The molecule has 0 bridgehead atoms. The molecule has 8 nitrogen and oxygen atoms in total. The van der Waals surface area contributed by atoms with E-state index in [9.17, 15) is 5.11 Å². The van der Waals surface area contributed by atoms with Gasteiger partial charge in [0.25, 0.3) is 0 Å². The van der Waals surface area contributed by atoms with Gasteiger partial charge in [-0.25, -0.2) is 15.0 Å². The average molecular weight is 451 g/mol. The molecule has 2 atom stereocenters. The second-order valence-corrected chi connectivity index (χ2v) is 9.44. The van der Waals surface area contributed by atoms with E-state index in [1.165, 1.54) is 11.8 Å². The topological polar surface area (TPSA) is 123 Å². The minimum Gasteiger partial charge on any atom is -0.390 e. The summed E-state index contributed by atoms with van der Waals surface area (Å²) >= 11 is 7.57. The number of hydrogen-bond acceptors (Lipinski definition) is 9. The van der Waals surface area contributed by atoms with E-state index >= 15 is 0 Å². The molecule has 2 fully saturated rings. The number of aromatic nitrogens is 3. The van der Waals surface area contributed by atoms with Gasteiger partial charge >= 0.3 is 0 Å². The van der Waals surface area contributed by atoms with Crippen LogP contribution in [0.4, 0.5) is 11.6 Å². The third kappa shape index (κ3) is 4.09. The lowest BCUT2D eigenvalue weighted by Gasteiger charge is -2.42. The number of ether oxygens (including phenoxy) is 1. The van der Waals surface area contributed by atoms with Crippen LogP contribution in [0.15, 0.2) is 28.4 Å². The van der Waals surface area contributed by atoms with Crippen LogP contribution >= 0.6 is 23.4 Å². The van der Waals surface area contributed by atoms with Gasteiger partial charge < -0.3 is 26.2 Å². The van der Waals surface area contributed by atoms with Crippen LogP contribution in [0.5, 0.6) is 0 Å². The first-order chi connectivity index (χ1) is 14.5. The Morgan fingerprint density at radius 1 is 1.37 bits per heavy atom. The van der Waals surface area contributed by atoms with Crippen LogP contribution in [0.25, 0.3) is 0 Å². The molecule has 10 heteroatoms. The van der Waals surface area contributed by atoms with Gasteiger partial charge in [0.15, 0.2) is 5.82 Å². The number of rotatable bonds is 5. The molecular weight excluding hydrogens is 424 g/mol. The van der Waals surface area contributed by atoms with Crippen LogP contribution in [-0.4, -0.2) is 52.4 Å². The Balaban J connectivity index is 1.48. The first-order valence-electron chi connectivity index (χ1n) is 10.0. The summed E-state index contributed by atoms with van der Waals surface area (Å²) in [6.45, 7) is 1.49. The highest BCUT2D eigenvalue weighted by Gasteiger charge is 2.47. The Kier molecular flexibility index (Phi) is 6.36. The number of piperidine rings is 1. The average Bonchev–Trinajstić information content (AvgIpc) is 3.07. The molecule has 0 aromatic carbocycles. The van der Waals surface area contributed by atoms with Gasteiger partial charge in [0.05, 0.1) is 23.9 Å². The summed E-state index contributed by atoms with van der Waals surface area (Å²) in [4.78, 5) is 16.1. The van der Waals surface area contributed by atoms with Crippen LogP contribution in [-0.2, 0) is 11.3 Å². The number of aliphatic hydroxyl groups is 1. The second kappa shape index (κ2) is 8.84. The number of hydrogen-bond donors (Lipinski definition) is 3. The fourth-order valence-corrected chi connectivity index (χ4v) is 5.63. The SMILES string of the molecule is COC1C[C@@H](N)C2(CCN(c3ncc(Sc4ccnc(N)c4Cl)nc3CO)CC2)C1. The predicted octanol–water partition coefficient (Wildman–Crippen LogP) is 2.47. The Morgan fingerprint density at radius 3 is 2.80 bits per heavy atom. The van der Waals surface area contributed by atoms with Crippen molar-refractivity contribution in [3.63, 3.8) is 0 Å². The zero-order valence-electron chi connectivity index (χ0n) is 16.9. The van der Waals surface area contributed by atoms with Crippen molar-refractivity contribution in [2.45, 2.75) is 54.4 Å². The van der Waals surface area contributed by atoms with E-state index in [1.807, 2.05) is 0 Å². The van der Waals surface area contributed by atoms with Crippen LogP contribution in [0.1, 0.15) is 31.4 Å². The molecule has 2 aliphatic rings. The van der Waals surface area contributed by atoms with Gasteiger partial charge in [0.1, 0.15) is 16.5 Å². The van der Waals surface area contributed by atoms with Crippen molar-refractivity contribution in [2.75, 3.05) is 30.8 Å². The van der Waals surface area contributed by atoms with Crippen molar-refractivity contribution in [2.24, 2.45) is 11.1 Å². The summed E-state index contributed by atoms with van der Waals surface area (Å²) in [5, 5.41) is 11.0. The molecule has 30 heavy (non-hydrogen) atoms. The summed E-state index contributed by atoms with van der Waals surface area (Å²) in [5.41, 5.74) is 12.9. The normalized spacial score (nSPS) is 23.3. The van der Waals surface area contributed by atoms with Crippen molar-refractivity contribution < 1.29 is 9.84 Å². The molecule has 0 amide bonds. The quantitative estimate of drug-likeness (QED) is 0.630. The maximum absolute atomic E-state index is 9.92. The van der Waals surface area contributed by atoms with E-state index in [0.717, 1.165) is 49.5 Å². The minimum absolute atomic E-state index is 0.137. The summed E-state index contributed by atoms with van der Waals surface area (Å²) in [6.07, 6.45) is 7.48. The van der Waals surface area contributed by atoms with E-state index < -0.39 is 0 Å². The van der Waals surface area contributed by atoms with Crippen molar-refractivity contribution in [1.82, 2.24) is 15.0 Å². The molecule has 2 aromatic rings. The second-order valence-electron chi connectivity index (χ2n) is 8.00. The smallest absolute Gasteiger partial charge is 0.152 e. The number of anilines is 2. The van der Waals surface area contributed by atoms with Crippen LogP contribution < -0.4 is 16.4 Å². The van der Waals surface area contributed by atoms with Gasteiger partial charge in [-0.05, 0) is 37.2 Å². The highest BCUT2D eigenvalue weighted by molar-refractivity contribution is 7.99. The van der Waals surface area contributed by atoms with Crippen molar-refractivity contribution in [3.8, 4) is 0 Å². The molecule has 1 unspecified atom stereocenters. The number of halogens is 1. The third-order valence-corrected chi connectivity index (χ3v) is 7.85. The standard InChI is InChI=1S/C20H27ClN6O2S/c1-29-12-8-15(22)20(9-12)3-6-27(7-4-20)19-13(11-28)26-16(10-25-19)30-14-2-5-24-18(23)17(14)21/h2,5,10,12,15,28H,3-4,6-9,11,22H2,1H3,(H2,23,24)/t12?,15-/m1/s1. The van der Waals surface area contributed by atoms with E-state index in [0.29, 0.717) is 15.7 Å². The Labute approximate surface area is 185 Å². The number of methoxy groups -OCH3 is 1. The molecule has 5 N–H and O–H groups in total. The molecule has 0 radical (unpaired) electrons. The van der Waals surface area contributed by atoms with E-state index in [2.05, 4.69) is 19.9 Å². The molecule has 1 aliphatic carbocycles. The molecular formula is C20H27ClN6O2S. The zero-order chi connectivity index (χ0) is 21.3. The Hall–Kier alpha value is -1.65. The van der Waals surface area contributed by atoms with Crippen molar-refractivity contribution >= 4 is 35.0 Å². The number of aliphatic hydroxyl groups excluding tert-OH is 1. The summed E-state index contributed by atoms with van der Waals surface area (Å²) < 4.78 is 5.56. The van der Waals surface area contributed by atoms with Gasteiger partial charge in [-0.1, -0.05) is 23.4 Å². The van der Waals surface area contributed by atoms with Gasteiger partial charge in [0, 0.05) is 37.3 Å². The summed E-state index contributed by atoms with van der Waals surface area (Å²) in [7, 11) is 1.77. The molecule has 1 spiro atoms. The van der Waals surface area contributed by atoms with E-state index in [-0.39, 0.29) is 30.0 Å². The largest absolute Gasteiger partial charge is 0.390 e. The lowest BCUT2D eigenvalue weighted by atomic mass is 9.74. The van der Waals surface area contributed by atoms with Crippen molar-refractivity contribution in [3.05, 3.63) is 29.2 Å². The molecule has 2 aromatic heterocycles. The number of nitrogens with zero attached hydrogens (tertiary/aromatic N) is 4.